The summed E-state index contributed by atoms with van der Waals surface area (Å²) in [6, 6.07) is 12.4. The summed E-state index contributed by atoms with van der Waals surface area (Å²) in [6.07, 6.45) is 4.42. The van der Waals surface area contributed by atoms with E-state index in [1.807, 2.05) is 43.3 Å². The Hall–Kier alpha value is -2.10. The van der Waals surface area contributed by atoms with Crippen LogP contribution in [0.3, 0.4) is 0 Å². The van der Waals surface area contributed by atoms with Gasteiger partial charge >= 0.3 is 0 Å². The van der Waals surface area contributed by atoms with Crippen LogP contribution in [0.15, 0.2) is 40.9 Å². The molecule has 1 aliphatic carbocycles. The number of hydrogen-bond donors (Lipinski definition) is 1. The molecule has 1 fully saturated rings. The van der Waals surface area contributed by atoms with Crippen LogP contribution in [-0.2, 0) is 4.79 Å². The normalized spacial score (nSPS) is 13.9. The number of aromatic nitrogens is 1. The van der Waals surface area contributed by atoms with Gasteiger partial charge in [-0.15, -0.1) is 0 Å². The van der Waals surface area contributed by atoms with Crippen LogP contribution in [0.5, 0.6) is 0 Å². The average molecular weight is 258 g/mol. The first-order chi connectivity index (χ1) is 9.29. The summed E-state index contributed by atoms with van der Waals surface area (Å²) < 4.78 is 4.97. The molecule has 0 unspecified atom stereocenters. The fourth-order valence-corrected chi connectivity index (χ4v) is 1.78. The van der Waals surface area contributed by atoms with Gasteiger partial charge in [-0.05, 0) is 26.2 Å². The van der Waals surface area contributed by atoms with Gasteiger partial charge in [0, 0.05) is 17.7 Å². The van der Waals surface area contributed by atoms with Crippen molar-refractivity contribution in [1.82, 2.24) is 10.5 Å². The Morgan fingerprint density at radius 2 is 2.05 bits per heavy atom. The van der Waals surface area contributed by atoms with E-state index in [9.17, 15) is 4.79 Å². The molecule has 100 valence electrons. The highest BCUT2D eigenvalue weighted by atomic mass is 16.5. The lowest BCUT2D eigenvalue weighted by Gasteiger charge is -2.23. The van der Waals surface area contributed by atoms with Gasteiger partial charge in [-0.1, -0.05) is 35.5 Å². The molecule has 0 bridgehead atoms. The van der Waals surface area contributed by atoms with Crippen molar-refractivity contribution in [3.63, 3.8) is 0 Å². The number of hydrogen-bond acceptors (Lipinski definition) is 3. The monoisotopic (exact) mass is 258 g/mol. The number of amides is 1. The second-order valence-electron chi connectivity index (χ2n) is 4.60. The summed E-state index contributed by atoms with van der Waals surface area (Å²) in [6.45, 7) is 1.89. The number of nitrogens with one attached hydrogen (secondary N) is 1. The summed E-state index contributed by atoms with van der Waals surface area (Å²) in [4.78, 5) is 9.70. The zero-order chi connectivity index (χ0) is 13.5. The number of rotatable bonds is 3. The molecule has 0 aliphatic heterocycles. The predicted molar refractivity (Wildman–Crippen MR) is 73.5 cm³/mol. The standard InChI is InChI=1S/C10H9NO.C5H9NO/c1-8-7-10(11-12-8)9-5-3-2-4-6-9;7-4-6-5-2-1-3-5/h2-7H,1H3;4-5H,1-3H2,(H,6,7). The van der Waals surface area contributed by atoms with Gasteiger partial charge in [0.25, 0.3) is 0 Å². The van der Waals surface area contributed by atoms with Crippen LogP contribution < -0.4 is 5.32 Å². The van der Waals surface area contributed by atoms with Gasteiger partial charge in [0.05, 0.1) is 0 Å². The Balaban J connectivity index is 0.000000163. The largest absolute Gasteiger partial charge is 0.361 e. The van der Waals surface area contributed by atoms with Crippen molar-refractivity contribution in [1.29, 1.82) is 0 Å². The Morgan fingerprint density at radius 3 is 2.47 bits per heavy atom. The van der Waals surface area contributed by atoms with Gasteiger partial charge in [0.15, 0.2) is 0 Å². The third-order valence-electron chi connectivity index (χ3n) is 3.11. The molecule has 0 radical (unpaired) electrons. The maximum absolute atomic E-state index is 9.70. The maximum Gasteiger partial charge on any atom is 0.207 e. The first-order valence-corrected chi connectivity index (χ1v) is 6.48. The SMILES string of the molecule is Cc1cc(-c2ccccc2)no1.O=CNC1CCC1. The van der Waals surface area contributed by atoms with Crippen LogP contribution in [0.1, 0.15) is 25.0 Å². The van der Waals surface area contributed by atoms with E-state index in [4.69, 9.17) is 4.52 Å². The van der Waals surface area contributed by atoms with Crippen molar-refractivity contribution in [2.24, 2.45) is 0 Å². The summed E-state index contributed by atoms with van der Waals surface area (Å²) in [5.74, 6) is 0.842. The topological polar surface area (TPSA) is 55.1 Å². The van der Waals surface area contributed by atoms with Crippen LogP contribution >= 0.6 is 0 Å². The van der Waals surface area contributed by atoms with E-state index in [1.165, 1.54) is 19.3 Å². The zero-order valence-corrected chi connectivity index (χ0v) is 11.0. The van der Waals surface area contributed by atoms with Crippen LogP contribution in [0.25, 0.3) is 11.3 Å². The fourth-order valence-electron chi connectivity index (χ4n) is 1.78. The van der Waals surface area contributed by atoms with Crippen molar-refractivity contribution in [2.75, 3.05) is 0 Å². The summed E-state index contributed by atoms with van der Waals surface area (Å²) >= 11 is 0. The molecule has 1 saturated carbocycles. The molecular formula is C15H18N2O2. The summed E-state index contributed by atoms with van der Waals surface area (Å²) in [7, 11) is 0. The highest BCUT2D eigenvalue weighted by Gasteiger charge is 2.14. The van der Waals surface area contributed by atoms with Crippen molar-refractivity contribution in [3.05, 3.63) is 42.2 Å². The number of benzene rings is 1. The fraction of sp³-hybridized carbons (Fsp3) is 0.333. The summed E-state index contributed by atoms with van der Waals surface area (Å²) in [5, 5.41) is 6.61. The lowest BCUT2D eigenvalue weighted by molar-refractivity contribution is -0.110. The summed E-state index contributed by atoms with van der Waals surface area (Å²) in [5.41, 5.74) is 1.99. The van der Waals surface area contributed by atoms with Crippen molar-refractivity contribution >= 4 is 6.41 Å². The molecule has 1 aliphatic rings. The number of carbonyl (C=O) groups excluding carboxylic acids is 1. The lowest BCUT2D eigenvalue weighted by atomic mass is 9.94. The molecule has 1 N–H and O–H groups in total. The molecule has 4 heteroatoms. The molecule has 4 nitrogen and oxygen atoms in total. The first kappa shape index (κ1) is 13.3. The van der Waals surface area contributed by atoms with E-state index in [-0.39, 0.29) is 0 Å². The third-order valence-corrected chi connectivity index (χ3v) is 3.11. The van der Waals surface area contributed by atoms with E-state index in [0.29, 0.717) is 6.04 Å². The molecule has 3 rings (SSSR count). The minimum absolute atomic E-state index is 0.512. The highest BCUT2D eigenvalue weighted by Crippen LogP contribution is 2.17. The molecule has 19 heavy (non-hydrogen) atoms. The molecule has 0 spiro atoms. The number of carbonyl (C=O) groups is 1. The molecule has 1 amide bonds. The van der Waals surface area contributed by atoms with E-state index < -0.39 is 0 Å². The van der Waals surface area contributed by atoms with Crippen molar-refractivity contribution < 1.29 is 9.32 Å². The van der Waals surface area contributed by atoms with Gasteiger partial charge in [0.1, 0.15) is 11.5 Å². The molecule has 0 atom stereocenters. The Morgan fingerprint density at radius 1 is 1.32 bits per heavy atom. The lowest BCUT2D eigenvalue weighted by Crippen LogP contribution is -2.33. The van der Waals surface area contributed by atoms with Crippen molar-refractivity contribution in [2.45, 2.75) is 32.2 Å². The minimum Gasteiger partial charge on any atom is -0.361 e. The molecule has 2 aromatic rings. The molecule has 1 aromatic heterocycles. The average Bonchev–Trinajstić information content (AvgIpc) is 2.83. The van der Waals surface area contributed by atoms with Crippen molar-refractivity contribution in [3.8, 4) is 11.3 Å². The predicted octanol–water partition coefficient (Wildman–Crippen LogP) is 2.93. The van der Waals surface area contributed by atoms with Crippen LogP contribution in [0.4, 0.5) is 0 Å². The maximum atomic E-state index is 9.70. The Labute approximate surface area is 112 Å². The quantitative estimate of drug-likeness (QED) is 0.861. The minimum atomic E-state index is 0.512. The van der Waals surface area contributed by atoms with Gasteiger partial charge < -0.3 is 9.84 Å². The van der Waals surface area contributed by atoms with E-state index in [0.717, 1.165) is 23.4 Å². The van der Waals surface area contributed by atoms with E-state index >= 15 is 0 Å². The van der Waals surface area contributed by atoms with Gasteiger partial charge in [0.2, 0.25) is 6.41 Å². The van der Waals surface area contributed by atoms with E-state index in [2.05, 4.69) is 10.5 Å². The number of nitrogens with zero attached hydrogens (tertiary/aromatic N) is 1. The Bertz CT molecular complexity index is 504. The van der Waals surface area contributed by atoms with Crippen LogP contribution in [-0.4, -0.2) is 17.6 Å². The second kappa shape index (κ2) is 6.73. The molecule has 1 aromatic carbocycles. The smallest absolute Gasteiger partial charge is 0.207 e. The highest BCUT2D eigenvalue weighted by molar-refractivity contribution is 5.58. The molecule has 0 saturated heterocycles. The van der Waals surface area contributed by atoms with Gasteiger partial charge in [-0.3, -0.25) is 4.79 Å². The molecule has 1 heterocycles. The second-order valence-corrected chi connectivity index (χ2v) is 4.60. The zero-order valence-electron chi connectivity index (χ0n) is 11.0. The van der Waals surface area contributed by atoms with Crippen LogP contribution in [0, 0.1) is 6.92 Å². The number of aryl methyl sites for hydroxylation is 1. The van der Waals surface area contributed by atoms with Gasteiger partial charge in [-0.25, -0.2) is 0 Å². The first-order valence-electron chi connectivity index (χ1n) is 6.48. The third kappa shape index (κ3) is 3.95. The molecular weight excluding hydrogens is 240 g/mol. The van der Waals surface area contributed by atoms with Crippen LogP contribution in [0.2, 0.25) is 0 Å². The Kier molecular flexibility index (Phi) is 4.72. The van der Waals surface area contributed by atoms with Gasteiger partial charge in [-0.2, -0.15) is 0 Å². The van der Waals surface area contributed by atoms with E-state index in [1.54, 1.807) is 0 Å².